The highest BCUT2D eigenvalue weighted by Gasteiger charge is 2.25. The Bertz CT molecular complexity index is 815. The first kappa shape index (κ1) is 22.4. The number of hydrogen-bond acceptors (Lipinski definition) is 5. The van der Waals surface area contributed by atoms with Crippen LogP contribution in [0.2, 0.25) is 0 Å². The number of nitrogens with zero attached hydrogens (tertiary/aromatic N) is 1. The van der Waals surface area contributed by atoms with Crippen molar-refractivity contribution >= 4 is 34.7 Å². The molecule has 0 radical (unpaired) electrons. The monoisotopic (exact) mass is 416 g/mol. The number of carbonyl (C=O) groups is 3. The summed E-state index contributed by atoms with van der Waals surface area (Å²) < 4.78 is 0. The highest BCUT2D eigenvalue weighted by atomic mass is 32.1. The topological polar surface area (TPSA) is 90.5 Å². The zero-order valence-corrected chi connectivity index (χ0v) is 18.0. The van der Waals surface area contributed by atoms with Gasteiger partial charge in [-0.1, -0.05) is 19.9 Å². The molecular formula is C21H28N4O3S. The Morgan fingerprint density at radius 3 is 2.14 bits per heavy atom. The minimum Gasteiger partial charge on any atom is -0.372 e. The van der Waals surface area contributed by atoms with Gasteiger partial charge in [0.2, 0.25) is 0 Å². The van der Waals surface area contributed by atoms with E-state index in [9.17, 15) is 14.4 Å². The summed E-state index contributed by atoms with van der Waals surface area (Å²) in [6.45, 7) is 9.56. The van der Waals surface area contributed by atoms with E-state index in [1.807, 2.05) is 26.0 Å². The summed E-state index contributed by atoms with van der Waals surface area (Å²) in [6.07, 6.45) is 0. The second kappa shape index (κ2) is 10.6. The average molecular weight is 417 g/mol. The van der Waals surface area contributed by atoms with Crippen LogP contribution in [0.25, 0.3) is 0 Å². The summed E-state index contributed by atoms with van der Waals surface area (Å²) in [7, 11) is 0. The summed E-state index contributed by atoms with van der Waals surface area (Å²) in [4.78, 5) is 39.8. The third-order valence-corrected chi connectivity index (χ3v) is 5.41. The molecule has 0 bridgehead atoms. The number of amides is 3. The van der Waals surface area contributed by atoms with Crippen molar-refractivity contribution in [3.05, 3.63) is 52.2 Å². The molecule has 0 saturated carbocycles. The van der Waals surface area contributed by atoms with Crippen LogP contribution in [-0.2, 0) is 4.79 Å². The van der Waals surface area contributed by atoms with E-state index in [2.05, 4.69) is 34.9 Å². The molecule has 0 aliphatic carbocycles. The molecule has 7 nitrogen and oxygen atoms in total. The van der Waals surface area contributed by atoms with Crippen LogP contribution in [-0.4, -0.2) is 36.9 Å². The van der Waals surface area contributed by atoms with E-state index < -0.39 is 17.9 Å². The van der Waals surface area contributed by atoms with Crippen LogP contribution >= 0.6 is 11.3 Å². The number of carbonyl (C=O) groups excluding carboxylic acids is 3. The molecule has 2 aromatic rings. The lowest BCUT2D eigenvalue weighted by Gasteiger charge is -2.22. The number of rotatable bonds is 8. The third kappa shape index (κ3) is 6.05. The third-order valence-electron chi connectivity index (χ3n) is 4.54. The van der Waals surface area contributed by atoms with E-state index in [0.29, 0.717) is 10.4 Å². The molecule has 29 heavy (non-hydrogen) atoms. The van der Waals surface area contributed by atoms with Crippen molar-refractivity contribution in [1.29, 1.82) is 0 Å². The van der Waals surface area contributed by atoms with Gasteiger partial charge in [-0.15, -0.1) is 11.3 Å². The van der Waals surface area contributed by atoms with E-state index >= 15 is 0 Å². The molecule has 0 unspecified atom stereocenters. The molecule has 1 heterocycles. The smallest absolute Gasteiger partial charge is 0.269 e. The Morgan fingerprint density at radius 1 is 0.966 bits per heavy atom. The van der Waals surface area contributed by atoms with Gasteiger partial charge >= 0.3 is 0 Å². The number of nitrogens with one attached hydrogen (secondary N) is 3. The average Bonchev–Trinajstić information content (AvgIpc) is 3.26. The molecule has 1 aromatic carbocycles. The van der Waals surface area contributed by atoms with Crippen molar-refractivity contribution in [2.24, 2.45) is 5.92 Å². The largest absolute Gasteiger partial charge is 0.372 e. The normalized spacial score (nSPS) is 11.6. The van der Waals surface area contributed by atoms with Gasteiger partial charge in [0.25, 0.3) is 17.7 Å². The van der Waals surface area contributed by atoms with E-state index in [4.69, 9.17) is 0 Å². The predicted octanol–water partition coefficient (Wildman–Crippen LogP) is 2.81. The predicted molar refractivity (Wildman–Crippen MR) is 116 cm³/mol. The molecule has 8 heteroatoms. The number of benzene rings is 1. The van der Waals surface area contributed by atoms with Crippen LogP contribution in [0.3, 0.4) is 0 Å². The summed E-state index contributed by atoms with van der Waals surface area (Å²) in [5.41, 5.74) is 6.30. The van der Waals surface area contributed by atoms with Crippen molar-refractivity contribution in [1.82, 2.24) is 16.2 Å². The Hall–Kier alpha value is -2.87. The van der Waals surface area contributed by atoms with E-state index in [-0.39, 0.29) is 11.8 Å². The van der Waals surface area contributed by atoms with Gasteiger partial charge in [-0.05, 0) is 55.5 Å². The van der Waals surface area contributed by atoms with E-state index in [0.717, 1.165) is 18.8 Å². The number of hydrazine groups is 1. The quantitative estimate of drug-likeness (QED) is 0.577. The summed E-state index contributed by atoms with van der Waals surface area (Å²) >= 11 is 1.30. The molecule has 0 saturated heterocycles. The maximum absolute atomic E-state index is 12.5. The molecule has 0 aliphatic heterocycles. The maximum atomic E-state index is 12.5. The fourth-order valence-electron chi connectivity index (χ4n) is 2.84. The van der Waals surface area contributed by atoms with Crippen LogP contribution in [0.4, 0.5) is 5.69 Å². The lowest BCUT2D eigenvalue weighted by Crippen LogP contribution is -2.54. The molecule has 2 rings (SSSR count). The van der Waals surface area contributed by atoms with Crippen LogP contribution in [0.1, 0.15) is 47.7 Å². The summed E-state index contributed by atoms with van der Waals surface area (Å²) in [6, 6.07) is 9.88. The lowest BCUT2D eigenvalue weighted by atomic mass is 10.0. The maximum Gasteiger partial charge on any atom is 0.269 e. The number of thiophene rings is 1. The number of anilines is 1. The Balaban J connectivity index is 1.95. The van der Waals surface area contributed by atoms with Gasteiger partial charge in [-0.2, -0.15) is 0 Å². The highest BCUT2D eigenvalue weighted by molar-refractivity contribution is 7.12. The van der Waals surface area contributed by atoms with Crippen LogP contribution in [0.15, 0.2) is 41.8 Å². The fourth-order valence-corrected chi connectivity index (χ4v) is 3.46. The minimum absolute atomic E-state index is 0.149. The minimum atomic E-state index is -0.769. The lowest BCUT2D eigenvalue weighted by molar-refractivity contribution is -0.124. The first-order chi connectivity index (χ1) is 13.9. The van der Waals surface area contributed by atoms with Gasteiger partial charge in [-0.3, -0.25) is 25.2 Å². The zero-order valence-electron chi connectivity index (χ0n) is 17.2. The molecule has 3 amide bonds. The Kier molecular flexibility index (Phi) is 8.21. The molecule has 156 valence electrons. The van der Waals surface area contributed by atoms with Crippen molar-refractivity contribution in [2.45, 2.75) is 33.7 Å². The van der Waals surface area contributed by atoms with Crippen LogP contribution < -0.4 is 21.1 Å². The molecule has 0 aliphatic rings. The molecule has 1 aromatic heterocycles. The molecule has 0 fully saturated rings. The SMILES string of the molecule is CCN(CC)c1ccc(C(=O)NNC(=O)[C@H](NC(=O)c2cccs2)C(C)C)cc1. The van der Waals surface area contributed by atoms with Gasteiger partial charge in [-0.25, -0.2) is 0 Å². The van der Waals surface area contributed by atoms with E-state index in [1.165, 1.54) is 11.3 Å². The first-order valence-electron chi connectivity index (χ1n) is 9.66. The van der Waals surface area contributed by atoms with Crippen molar-refractivity contribution in [2.75, 3.05) is 18.0 Å². The van der Waals surface area contributed by atoms with Crippen molar-refractivity contribution in [3.8, 4) is 0 Å². The van der Waals surface area contributed by atoms with Gasteiger partial charge in [0.15, 0.2) is 0 Å². The second-order valence-electron chi connectivity index (χ2n) is 6.83. The Labute approximate surface area is 175 Å². The van der Waals surface area contributed by atoms with Crippen molar-refractivity contribution in [3.63, 3.8) is 0 Å². The van der Waals surface area contributed by atoms with Gasteiger partial charge < -0.3 is 10.2 Å². The molecule has 1 atom stereocenters. The highest BCUT2D eigenvalue weighted by Crippen LogP contribution is 2.15. The van der Waals surface area contributed by atoms with Crippen LogP contribution in [0, 0.1) is 5.92 Å². The van der Waals surface area contributed by atoms with Gasteiger partial charge in [0.1, 0.15) is 6.04 Å². The standard InChI is InChI=1S/C21H28N4O3S/c1-5-25(6-2)16-11-9-15(10-12-16)19(26)23-24-21(28)18(14(3)4)22-20(27)17-8-7-13-29-17/h7-14,18H,5-6H2,1-4H3,(H,22,27)(H,23,26)(H,24,28)/t18-/m1/s1. The molecule has 0 spiro atoms. The zero-order chi connectivity index (χ0) is 21.4. The fraction of sp³-hybridized carbons (Fsp3) is 0.381. The second-order valence-corrected chi connectivity index (χ2v) is 7.78. The number of hydrogen-bond donors (Lipinski definition) is 3. The molecule has 3 N–H and O–H groups in total. The van der Waals surface area contributed by atoms with Gasteiger partial charge in [0, 0.05) is 24.3 Å². The van der Waals surface area contributed by atoms with Crippen molar-refractivity contribution < 1.29 is 14.4 Å². The Morgan fingerprint density at radius 2 is 1.62 bits per heavy atom. The summed E-state index contributed by atoms with van der Waals surface area (Å²) in [5.74, 6) is -1.36. The first-order valence-corrected chi connectivity index (χ1v) is 10.5. The summed E-state index contributed by atoms with van der Waals surface area (Å²) in [5, 5.41) is 4.51. The van der Waals surface area contributed by atoms with Gasteiger partial charge in [0.05, 0.1) is 4.88 Å². The van der Waals surface area contributed by atoms with E-state index in [1.54, 1.807) is 29.6 Å². The van der Waals surface area contributed by atoms with Crippen LogP contribution in [0.5, 0.6) is 0 Å². The molecular weight excluding hydrogens is 388 g/mol.